The number of thiazole rings is 1. The molecule has 0 saturated heterocycles. The van der Waals surface area contributed by atoms with Crippen molar-refractivity contribution in [2.75, 3.05) is 6.54 Å². The molecule has 1 saturated carbocycles. The van der Waals surface area contributed by atoms with Crippen LogP contribution in [-0.2, 0) is 6.54 Å². The minimum atomic E-state index is -0.629. The molecular formula is C15H26N2OS. The van der Waals surface area contributed by atoms with E-state index in [-0.39, 0.29) is 0 Å². The Bertz CT molecular complexity index is 399. The Balaban J connectivity index is 1.77. The van der Waals surface area contributed by atoms with Crippen LogP contribution in [0.25, 0.3) is 0 Å². The van der Waals surface area contributed by atoms with Crippen molar-refractivity contribution in [2.24, 2.45) is 5.92 Å². The third-order valence-electron chi connectivity index (χ3n) is 4.48. The van der Waals surface area contributed by atoms with E-state index < -0.39 is 5.60 Å². The number of aromatic nitrogens is 1. The predicted octanol–water partition coefficient (Wildman–Crippen LogP) is 3.30. The number of nitrogens with zero attached hydrogens (tertiary/aromatic N) is 1. The molecule has 1 heterocycles. The summed E-state index contributed by atoms with van der Waals surface area (Å²) in [6, 6.07) is 0. The molecule has 0 amide bonds. The highest BCUT2D eigenvalue weighted by Gasteiger charge is 2.26. The topological polar surface area (TPSA) is 45.1 Å². The Morgan fingerprint density at radius 1 is 1.58 bits per heavy atom. The normalized spacial score (nSPS) is 20.8. The molecule has 2 unspecified atom stereocenters. The van der Waals surface area contributed by atoms with Crippen molar-refractivity contribution in [1.29, 1.82) is 0 Å². The van der Waals surface area contributed by atoms with Crippen LogP contribution in [0.1, 0.15) is 62.3 Å². The maximum Gasteiger partial charge on any atom is 0.0959 e. The molecule has 0 spiro atoms. The van der Waals surface area contributed by atoms with Crippen LogP contribution in [0, 0.1) is 5.92 Å². The number of rotatable bonds is 7. The second kappa shape index (κ2) is 6.33. The largest absolute Gasteiger partial charge is 0.389 e. The quantitative estimate of drug-likeness (QED) is 0.806. The van der Waals surface area contributed by atoms with E-state index in [1.807, 2.05) is 24.5 Å². The van der Waals surface area contributed by atoms with Crippen molar-refractivity contribution in [3.63, 3.8) is 0 Å². The second-order valence-electron chi connectivity index (χ2n) is 6.06. The van der Waals surface area contributed by atoms with Gasteiger partial charge in [0, 0.05) is 30.1 Å². The molecule has 1 aromatic heterocycles. The van der Waals surface area contributed by atoms with Gasteiger partial charge in [0.1, 0.15) is 0 Å². The van der Waals surface area contributed by atoms with Crippen LogP contribution in [0.3, 0.4) is 0 Å². The lowest BCUT2D eigenvalue weighted by molar-refractivity contribution is 0.00539. The molecule has 0 aliphatic heterocycles. The van der Waals surface area contributed by atoms with Gasteiger partial charge in [-0.3, -0.25) is 0 Å². The molecule has 1 aromatic rings. The van der Waals surface area contributed by atoms with Crippen LogP contribution in [-0.4, -0.2) is 22.2 Å². The Hall–Kier alpha value is -0.450. The summed E-state index contributed by atoms with van der Waals surface area (Å²) in [6.07, 6.45) is 6.96. The zero-order valence-corrected chi connectivity index (χ0v) is 13.1. The monoisotopic (exact) mass is 282 g/mol. The highest BCUT2D eigenvalue weighted by atomic mass is 32.1. The molecule has 19 heavy (non-hydrogen) atoms. The molecule has 3 nitrogen and oxygen atoms in total. The Kier molecular flexibility index (Phi) is 4.98. The number of hydrogen-bond donors (Lipinski definition) is 2. The summed E-state index contributed by atoms with van der Waals surface area (Å²) in [5.41, 5.74) is -0.629. The number of nitrogens with one attached hydrogen (secondary N) is 1. The van der Waals surface area contributed by atoms with E-state index in [0.717, 1.165) is 18.9 Å². The predicted molar refractivity (Wildman–Crippen MR) is 80.5 cm³/mol. The molecule has 108 valence electrons. The molecular weight excluding hydrogens is 256 g/mol. The molecule has 4 heteroatoms. The van der Waals surface area contributed by atoms with Gasteiger partial charge in [-0.25, -0.2) is 4.98 Å². The fourth-order valence-corrected chi connectivity index (χ4v) is 3.36. The molecule has 0 aromatic carbocycles. The van der Waals surface area contributed by atoms with Gasteiger partial charge in [-0.05, 0) is 25.7 Å². The van der Waals surface area contributed by atoms with Crippen LogP contribution < -0.4 is 5.32 Å². The van der Waals surface area contributed by atoms with Crippen LogP contribution in [0.4, 0.5) is 0 Å². The van der Waals surface area contributed by atoms with E-state index in [1.54, 1.807) is 0 Å². The van der Waals surface area contributed by atoms with Gasteiger partial charge in [-0.2, -0.15) is 0 Å². The lowest BCUT2D eigenvalue weighted by atomic mass is 9.86. The minimum Gasteiger partial charge on any atom is -0.389 e. The van der Waals surface area contributed by atoms with Gasteiger partial charge >= 0.3 is 0 Å². The van der Waals surface area contributed by atoms with Gasteiger partial charge in [0.25, 0.3) is 0 Å². The van der Waals surface area contributed by atoms with E-state index in [2.05, 4.69) is 24.1 Å². The lowest BCUT2D eigenvalue weighted by Crippen LogP contribution is -2.42. The molecule has 1 aliphatic carbocycles. The highest BCUT2D eigenvalue weighted by molar-refractivity contribution is 7.11. The van der Waals surface area contributed by atoms with Crippen molar-refractivity contribution < 1.29 is 5.11 Å². The average molecular weight is 282 g/mol. The first kappa shape index (κ1) is 14.9. The summed E-state index contributed by atoms with van der Waals surface area (Å²) in [7, 11) is 0. The second-order valence-corrected chi connectivity index (χ2v) is 7.21. The highest BCUT2D eigenvalue weighted by Crippen LogP contribution is 2.38. The fraction of sp³-hybridized carbons (Fsp3) is 0.800. The first-order valence-electron chi connectivity index (χ1n) is 7.40. The van der Waals surface area contributed by atoms with E-state index in [0.29, 0.717) is 12.5 Å². The van der Waals surface area contributed by atoms with Crippen molar-refractivity contribution in [3.05, 3.63) is 16.1 Å². The van der Waals surface area contributed by atoms with E-state index in [9.17, 15) is 5.11 Å². The molecule has 2 rings (SSSR count). The Morgan fingerprint density at radius 3 is 2.89 bits per heavy atom. The summed E-state index contributed by atoms with van der Waals surface area (Å²) in [5.74, 6) is 1.04. The van der Waals surface area contributed by atoms with Crippen molar-refractivity contribution >= 4 is 11.3 Å². The maximum atomic E-state index is 10.3. The van der Waals surface area contributed by atoms with Crippen molar-refractivity contribution in [3.8, 4) is 0 Å². The summed E-state index contributed by atoms with van der Waals surface area (Å²) < 4.78 is 0. The molecule has 2 atom stereocenters. The molecule has 1 aliphatic rings. The minimum absolute atomic E-state index is 0.312. The van der Waals surface area contributed by atoms with Crippen LogP contribution in [0.2, 0.25) is 0 Å². The van der Waals surface area contributed by atoms with Crippen molar-refractivity contribution in [2.45, 2.75) is 64.5 Å². The lowest BCUT2D eigenvalue weighted by Gasteiger charge is -2.29. The van der Waals surface area contributed by atoms with Gasteiger partial charge in [0.2, 0.25) is 0 Å². The molecule has 0 radical (unpaired) electrons. The molecule has 0 bridgehead atoms. The summed E-state index contributed by atoms with van der Waals surface area (Å²) in [4.78, 5) is 5.80. The Morgan fingerprint density at radius 2 is 2.32 bits per heavy atom. The zero-order chi connectivity index (χ0) is 13.9. The summed E-state index contributed by atoms with van der Waals surface area (Å²) in [5, 5.41) is 15.0. The molecule has 1 fully saturated rings. The number of hydrogen-bond acceptors (Lipinski definition) is 4. The average Bonchev–Trinajstić information content (AvgIpc) is 2.74. The van der Waals surface area contributed by atoms with Gasteiger partial charge in [0.15, 0.2) is 0 Å². The first-order chi connectivity index (χ1) is 9.03. The van der Waals surface area contributed by atoms with E-state index >= 15 is 0 Å². The smallest absolute Gasteiger partial charge is 0.0959 e. The maximum absolute atomic E-state index is 10.3. The van der Waals surface area contributed by atoms with Crippen LogP contribution >= 0.6 is 11.3 Å². The first-order valence-corrected chi connectivity index (χ1v) is 8.22. The van der Waals surface area contributed by atoms with Gasteiger partial charge in [-0.15, -0.1) is 11.3 Å². The van der Waals surface area contributed by atoms with Crippen molar-refractivity contribution in [1.82, 2.24) is 10.3 Å². The number of aliphatic hydroxyl groups is 1. The van der Waals surface area contributed by atoms with E-state index in [4.69, 9.17) is 0 Å². The summed E-state index contributed by atoms with van der Waals surface area (Å²) >= 11 is 1.83. The third kappa shape index (κ3) is 3.77. The van der Waals surface area contributed by atoms with Crippen LogP contribution in [0.5, 0.6) is 0 Å². The van der Waals surface area contributed by atoms with Gasteiger partial charge in [-0.1, -0.05) is 26.7 Å². The fourth-order valence-electron chi connectivity index (χ4n) is 2.30. The molecule has 2 N–H and O–H groups in total. The van der Waals surface area contributed by atoms with E-state index in [1.165, 1.54) is 29.1 Å². The van der Waals surface area contributed by atoms with Gasteiger partial charge in [0.05, 0.1) is 10.6 Å². The summed E-state index contributed by atoms with van der Waals surface area (Å²) in [6.45, 7) is 7.59. The Labute approximate surface area is 120 Å². The SMILES string of the molecule is CCC(C)C(C)(O)CNCc1cnc(C2CCC2)s1. The van der Waals surface area contributed by atoms with Gasteiger partial charge < -0.3 is 10.4 Å². The standard InChI is InChI=1S/C15H26N2OS/c1-4-11(2)15(3,18)10-16-8-13-9-17-14(19-13)12-6-5-7-12/h9,11-12,16,18H,4-8,10H2,1-3H3. The third-order valence-corrected chi connectivity index (χ3v) is 5.64. The zero-order valence-electron chi connectivity index (χ0n) is 12.3. The van der Waals surface area contributed by atoms with Crippen LogP contribution in [0.15, 0.2) is 6.20 Å².